The van der Waals surface area contributed by atoms with Gasteiger partial charge in [0.25, 0.3) is 0 Å². The van der Waals surface area contributed by atoms with Crippen molar-refractivity contribution in [1.82, 2.24) is 10.2 Å². The summed E-state index contributed by atoms with van der Waals surface area (Å²) in [5, 5.41) is 2.87. The minimum Gasteiger partial charge on any atom is -0.484 e. The van der Waals surface area contributed by atoms with Crippen LogP contribution in [0.2, 0.25) is 0 Å². The number of nitrogens with one attached hydrogen (secondary N) is 1. The number of ketones is 1. The maximum atomic E-state index is 12.6. The maximum Gasteiger partial charge on any atom is 0.224 e. The van der Waals surface area contributed by atoms with Gasteiger partial charge in [-0.1, -0.05) is 18.6 Å². The Morgan fingerprint density at radius 3 is 2.81 bits per heavy atom. The van der Waals surface area contributed by atoms with Crippen molar-refractivity contribution in [1.29, 1.82) is 0 Å². The van der Waals surface area contributed by atoms with Crippen molar-refractivity contribution < 1.29 is 19.1 Å². The first-order chi connectivity index (χ1) is 13.1. The summed E-state index contributed by atoms with van der Waals surface area (Å²) in [7, 11) is 0. The van der Waals surface area contributed by atoms with Crippen LogP contribution in [0.5, 0.6) is 5.75 Å². The fraction of sp³-hybridized carbons (Fsp3) is 0.571. The van der Waals surface area contributed by atoms with Crippen molar-refractivity contribution in [2.75, 3.05) is 19.6 Å². The van der Waals surface area contributed by atoms with Crippen LogP contribution >= 0.6 is 0 Å². The Balaban J connectivity index is 1.34. The molecule has 1 N–H and O–H groups in total. The first-order valence-corrected chi connectivity index (χ1v) is 9.93. The molecular formula is C21H26N2O4. The number of carbonyl (C=O) groups is 3. The predicted molar refractivity (Wildman–Crippen MR) is 99.5 cm³/mol. The van der Waals surface area contributed by atoms with Crippen LogP contribution in [0.1, 0.15) is 55.3 Å². The van der Waals surface area contributed by atoms with E-state index in [1.165, 1.54) is 0 Å². The minimum atomic E-state index is -0.617. The molecule has 4 rings (SSSR count). The van der Waals surface area contributed by atoms with Crippen molar-refractivity contribution in [3.8, 4) is 5.75 Å². The van der Waals surface area contributed by atoms with E-state index in [4.69, 9.17) is 4.74 Å². The number of rotatable bonds is 4. The van der Waals surface area contributed by atoms with Crippen LogP contribution in [-0.2, 0) is 9.59 Å². The second kappa shape index (κ2) is 7.33. The predicted octanol–water partition coefficient (Wildman–Crippen LogP) is 2.32. The van der Waals surface area contributed by atoms with E-state index in [0.717, 1.165) is 32.1 Å². The number of hydrogen-bond acceptors (Lipinski definition) is 4. The number of fused-ring (bicyclic) bond motifs is 1. The lowest BCUT2D eigenvalue weighted by molar-refractivity contribution is -0.137. The molecule has 6 nitrogen and oxygen atoms in total. The zero-order chi connectivity index (χ0) is 18.9. The van der Waals surface area contributed by atoms with Crippen molar-refractivity contribution >= 4 is 17.6 Å². The molecule has 1 saturated carbocycles. The molecule has 2 aliphatic heterocycles. The lowest BCUT2D eigenvalue weighted by Crippen LogP contribution is -2.56. The van der Waals surface area contributed by atoms with Crippen LogP contribution < -0.4 is 10.1 Å². The summed E-state index contributed by atoms with van der Waals surface area (Å²) < 4.78 is 6.22. The first-order valence-electron chi connectivity index (χ1n) is 9.93. The molecule has 0 radical (unpaired) electrons. The molecule has 1 aromatic carbocycles. The molecule has 6 heteroatoms. The van der Waals surface area contributed by atoms with Gasteiger partial charge in [0.2, 0.25) is 11.8 Å². The Bertz CT molecular complexity index is 758. The van der Waals surface area contributed by atoms with E-state index in [-0.39, 0.29) is 23.5 Å². The third kappa shape index (κ3) is 3.70. The summed E-state index contributed by atoms with van der Waals surface area (Å²) in [6.45, 7) is 1.49. The van der Waals surface area contributed by atoms with Gasteiger partial charge in [-0.25, -0.2) is 0 Å². The Morgan fingerprint density at radius 1 is 1.22 bits per heavy atom. The topological polar surface area (TPSA) is 75.7 Å². The summed E-state index contributed by atoms with van der Waals surface area (Å²) >= 11 is 0. The summed E-state index contributed by atoms with van der Waals surface area (Å²) in [5.74, 6) is 0.926. The molecule has 0 aromatic heterocycles. The van der Waals surface area contributed by atoms with Gasteiger partial charge in [0, 0.05) is 25.4 Å². The highest BCUT2D eigenvalue weighted by molar-refractivity contribution is 6.00. The average Bonchev–Trinajstić information content (AvgIpc) is 2.60. The van der Waals surface area contributed by atoms with Gasteiger partial charge in [0.1, 0.15) is 11.4 Å². The first kappa shape index (κ1) is 18.0. The van der Waals surface area contributed by atoms with Crippen molar-refractivity contribution in [3.05, 3.63) is 29.8 Å². The number of likely N-dealkylation sites (tertiary alicyclic amines) is 1. The summed E-state index contributed by atoms with van der Waals surface area (Å²) in [6.07, 6.45) is 5.23. The Morgan fingerprint density at radius 2 is 2.04 bits per heavy atom. The third-order valence-corrected chi connectivity index (χ3v) is 6.00. The summed E-state index contributed by atoms with van der Waals surface area (Å²) in [6, 6.07) is 7.32. The highest BCUT2D eigenvalue weighted by Crippen LogP contribution is 2.38. The molecule has 2 fully saturated rings. The van der Waals surface area contributed by atoms with E-state index in [2.05, 4.69) is 5.32 Å². The number of benzene rings is 1. The lowest BCUT2D eigenvalue weighted by Gasteiger charge is -2.44. The molecule has 27 heavy (non-hydrogen) atoms. The minimum absolute atomic E-state index is 0.0119. The van der Waals surface area contributed by atoms with Crippen LogP contribution in [0.3, 0.4) is 0 Å². The van der Waals surface area contributed by atoms with E-state index in [1.807, 2.05) is 18.2 Å². The van der Waals surface area contributed by atoms with E-state index in [9.17, 15) is 14.4 Å². The maximum absolute atomic E-state index is 12.6. The molecule has 1 spiro atoms. The van der Waals surface area contributed by atoms with Crippen LogP contribution in [0.15, 0.2) is 24.3 Å². The molecule has 2 amide bonds. The molecule has 0 bridgehead atoms. The highest BCUT2D eigenvalue weighted by Gasteiger charge is 2.44. The molecule has 1 aromatic rings. The smallest absolute Gasteiger partial charge is 0.224 e. The van der Waals surface area contributed by atoms with Crippen LogP contribution in [0.4, 0.5) is 0 Å². The van der Waals surface area contributed by atoms with Crippen LogP contribution in [0, 0.1) is 5.92 Å². The summed E-state index contributed by atoms with van der Waals surface area (Å²) in [5.41, 5.74) is 0.0133. The largest absolute Gasteiger partial charge is 0.484 e. The van der Waals surface area contributed by atoms with Crippen molar-refractivity contribution in [2.24, 2.45) is 5.92 Å². The fourth-order valence-electron chi connectivity index (χ4n) is 4.25. The molecule has 1 atom stereocenters. The highest BCUT2D eigenvalue weighted by atomic mass is 16.5. The van der Waals surface area contributed by atoms with Crippen LogP contribution in [0.25, 0.3) is 0 Å². The van der Waals surface area contributed by atoms with Crippen molar-refractivity contribution in [3.63, 3.8) is 0 Å². The number of Topliss-reactive ketones (excluding diaryl/α,β-unsaturated/α-hetero) is 1. The molecule has 1 unspecified atom stereocenters. The third-order valence-electron chi connectivity index (χ3n) is 6.00. The van der Waals surface area contributed by atoms with E-state index in [0.29, 0.717) is 43.8 Å². The number of ether oxygens (including phenoxy) is 1. The van der Waals surface area contributed by atoms with Gasteiger partial charge in [-0.2, -0.15) is 0 Å². The van der Waals surface area contributed by atoms with Crippen molar-refractivity contribution in [2.45, 2.75) is 50.5 Å². The van der Waals surface area contributed by atoms with Gasteiger partial charge in [0.05, 0.1) is 18.5 Å². The fourth-order valence-corrected chi connectivity index (χ4v) is 4.25. The van der Waals surface area contributed by atoms with Gasteiger partial charge in [-0.05, 0) is 37.8 Å². The molecule has 1 saturated heterocycles. The van der Waals surface area contributed by atoms with Gasteiger partial charge in [-0.15, -0.1) is 0 Å². The van der Waals surface area contributed by atoms with Crippen LogP contribution in [-0.4, -0.2) is 47.7 Å². The number of carbonyl (C=O) groups excluding carboxylic acids is 3. The molecular weight excluding hydrogens is 344 g/mol. The van der Waals surface area contributed by atoms with Gasteiger partial charge >= 0.3 is 0 Å². The van der Waals surface area contributed by atoms with E-state index < -0.39 is 5.60 Å². The Hall–Kier alpha value is -2.37. The SMILES string of the molecule is O=C1CC2(CCCN(C(=O)CCNC(=O)C3CCC3)C2)Oc2ccccc21. The number of nitrogens with zero attached hydrogens (tertiary/aromatic N) is 1. The Labute approximate surface area is 159 Å². The molecule has 1 aliphatic carbocycles. The van der Waals surface area contributed by atoms with Gasteiger partial charge in [0.15, 0.2) is 5.78 Å². The standard InChI is InChI=1S/C21H26N2O4/c24-17-13-21(27-18-8-2-1-7-16(17)18)10-4-12-23(14-21)19(25)9-11-22-20(26)15-5-3-6-15/h1-2,7-8,15H,3-6,9-14H2,(H,22,26). The monoisotopic (exact) mass is 370 g/mol. The quantitative estimate of drug-likeness (QED) is 0.883. The van der Waals surface area contributed by atoms with E-state index >= 15 is 0 Å². The Kier molecular flexibility index (Phi) is 4.89. The molecule has 3 aliphatic rings. The lowest BCUT2D eigenvalue weighted by atomic mass is 9.83. The molecule has 2 heterocycles. The number of amides is 2. The second-order valence-corrected chi connectivity index (χ2v) is 7.97. The number of piperidine rings is 1. The van der Waals surface area contributed by atoms with E-state index in [1.54, 1.807) is 11.0 Å². The zero-order valence-corrected chi connectivity index (χ0v) is 15.5. The number of para-hydroxylation sites is 1. The second-order valence-electron chi connectivity index (χ2n) is 7.97. The summed E-state index contributed by atoms with van der Waals surface area (Å²) in [4.78, 5) is 38.8. The zero-order valence-electron chi connectivity index (χ0n) is 15.5. The van der Waals surface area contributed by atoms with Gasteiger partial charge in [-0.3, -0.25) is 14.4 Å². The average molecular weight is 370 g/mol. The van der Waals surface area contributed by atoms with Gasteiger partial charge < -0.3 is 15.0 Å². The number of hydrogen-bond donors (Lipinski definition) is 1. The molecule has 144 valence electrons. The normalized spacial score (nSPS) is 24.7.